The minimum absolute atomic E-state index is 0.144. The molecule has 0 aliphatic rings. The molecule has 0 aliphatic heterocycles. The van der Waals surface area contributed by atoms with Crippen LogP contribution in [-0.4, -0.2) is 42.9 Å². The number of carbonyl (C=O) groups is 1. The first-order chi connectivity index (χ1) is 13.8. The highest BCUT2D eigenvalue weighted by Gasteiger charge is 2.22. The average Bonchev–Trinajstić information content (AvgIpc) is 3.12. The predicted octanol–water partition coefficient (Wildman–Crippen LogP) is 3.58. The largest absolute Gasteiger partial charge is 0.440 e. The Bertz CT molecular complexity index is 1110. The standard InChI is InChI=1S/C21H22N2O5S/c1-23(25)19(24)14-8-13-18-22-20(15-9-4-3-5-10-15)21(28-18)16-11-6-7-12-17(16)29(2,26)27/h3-7,9-12,25H,8,13-14H2,1-2H3. The monoisotopic (exact) mass is 414 g/mol. The van der Waals surface area contributed by atoms with Crippen molar-refractivity contribution in [1.29, 1.82) is 0 Å². The van der Waals surface area contributed by atoms with Gasteiger partial charge in [-0.3, -0.25) is 10.0 Å². The highest BCUT2D eigenvalue weighted by Crippen LogP contribution is 2.36. The van der Waals surface area contributed by atoms with Gasteiger partial charge in [-0.05, 0) is 18.6 Å². The van der Waals surface area contributed by atoms with Crippen molar-refractivity contribution in [2.75, 3.05) is 13.3 Å². The number of amides is 1. The lowest BCUT2D eigenvalue weighted by Gasteiger charge is -2.07. The molecule has 0 fully saturated rings. The molecule has 0 atom stereocenters. The quantitative estimate of drug-likeness (QED) is 0.468. The lowest BCUT2D eigenvalue weighted by atomic mass is 10.1. The fourth-order valence-corrected chi connectivity index (χ4v) is 3.86. The van der Waals surface area contributed by atoms with Gasteiger partial charge in [-0.25, -0.2) is 18.5 Å². The Hall–Kier alpha value is -2.97. The van der Waals surface area contributed by atoms with E-state index >= 15 is 0 Å². The van der Waals surface area contributed by atoms with E-state index in [0.29, 0.717) is 40.8 Å². The molecule has 0 bridgehead atoms. The van der Waals surface area contributed by atoms with Crippen molar-refractivity contribution >= 4 is 15.7 Å². The summed E-state index contributed by atoms with van der Waals surface area (Å²) in [5, 5.41) is 9.71. The van der Waals surface area contributed by atoms with Crippen molar-refractivity contribution in [1.82, 2.24) is 10.0 Å². The van der Waals surface area contributed by atoms with Gasteiger partial charge in [0.05, 0.1) is 4.90 Å². The molecule has 0 saturated heterocycles. The third-order valence-corrected chi connectivity index (χ3v) is 5.55. The summed E-state index contributed by atoms with van der Waals surface area (Å²) in [6.07, 6.45) is 2.11. The van der Waals surface area contributed by atoms with E-state index in [1.54, 1.807) is 18.2 Å². The molecule has 0 unspecified atom stereocenters. The number of sulfone groups is 1. The Morgan fingerprint density at radius 1 is 1.10 bits per heavy atom. The molecule has 1 aromatic heterocycles. The molecule has 0 radical (unpaired) electrons. The second-order valence-electron chi connectivity index (χ2n) is 6.69. The van der Waals surface area contributed by atoms with Crippen LogP contribution in [0.5, 0.6) is 0 Å². The van der Waals surface area contributed by atoms with Gasteiger partial charge in [-0.15, -0.1) is 0 Å². The SMILES string of the molecule is CN(O)C(=O)CCCc1nc(-c2ccccc2)c(-c2ccccc2S(C)(=O)=O)o1. The third-order valence-electron chi connectivity index (χ3n) is 4.39. The Kier molecular flexibility index (Phi) is 6.14. The zero-order valence-corrected chi connectivity index (χ0v) is 17.0. The van der Waals surface area contributed by atoms with Crippen molar-refractivity contribution in [2.45, 2.75) is 24.2 Å². The minimum Gasteiger partial charge on any atom is -0.440 e. The number of rotatable bonds is 7. The third kappa shape index (κ3) is 4.90. The van der Waals surface area contributed by atoms with Crippen molar-refractivity contribution in [2.24, 2.45) is 0 Å². The Morgan fingerprint density at radius 3 is 2.41 bits per heavy atom. The van der Waals surface area contributed by atoms with E-state index in [9.17, 15) is 13.2 Å². The number of hydrogen-bond acceptors (Lipinski definition) is 6. The Balaban J connectivity index is 2.03. The number of hydroxylamine groups is 2. The van der Waals surface area contributed by atoms with Crippen LogP contribution in [0.1, 0.15) is 18.7 Å². The molecule has 0 aliphatic carbocycles. The number of aryl methyl sites for hydroxylation is 1. The van der Waals surface area contributed by atoms with Crippen LogP contribution < -0.4 is 0 Å². The highest BCUT2D eigenvalue weighted by atomic mass is 32.2. The lowest BCUT2D eigenvalue weighted by Crippen LogP contribution is -2.22. The highest BCUT2D eigenvalue weighted by molar-refractivity contribution is 7.90. The first kappa shape index (κ1) is 20.8. The summed E-state index contributed by atoms with van der Waals surface area (Å²) in [5.41, 5.74) is 1.79. The summed E-state index contributed by atoms with van der Waals surface area (Å²) in [7, 11) is -2.20. The number of carbonyl (C=O) groups excluding carboxylic acids is 1. The Labute approximate surface area is 169 Å². The van der Waals surface area contributed by atoms with Crippen LogP contribution in [0.15, 0.2) is 63.9 Å². The van der Waals surface area contributed by atoms with Gasteiger partial charge in [-0.2, -0.15) is 0 Å². The summed E-state index contributed by atoms with van der Waals surface area (Å²) in [5.74, 6) is 0.371. The molecule has 1 heterocycles. The zero-order valence-electron chi connectivity index (χ0n) is 16.2. The number of hydrogen-bond donors (Lipinski definition) is 1. The zero-order chi connectivity index (χ0) is 21.0. The van der Waals surface area contributed by atoms with Gasteiger partial charge < -0.3 is 4.42 Å². The van der Waals surface area contributed by atoms with E-state index in [0.717, 1.165) is 11.8 Å². The van der Waals surface area contributed by atoms with Gasteiger partial charge in [0.1, 0.15) is 5.69 Å². The maximum atomic E-state index is 12.3. The Morgan fingerprint density at radius 2 is 1.76 bits per heavy atom. The normalized spacial score (nSPS) is 11.4. The topological polar surface area (TPSA) is 101 Å². The van der Waals surface area contributed by atoms with Gasteiger partial charge in [0.2, 0.25) is 5.91 Å². The molecular weight excluding hydrogens is 392 g/mol. The van der Waals surface area contributed by atoms with Crippen molar-refractivity contribution in [3.63, 3.8) is 0 Å². The average molecular weight is 414 g/mol. The summed E-state index contributed by atoms with van der Waals surface area (Å²) >= 11 is 0. The molecule has 8 heteroatoms. The van der Waals surface area contributed by atoms with Gasteiger partial charge in [0.25, 0.3) is 0 Å². The van der Waals surface area contributed by atoms with E-state index in [1.807, 2.05) is 30.3 Å². The molecule has 7 nitrogen and oxygen atoms in total. The first-order valence-corrected chi connectivity index (χ1v) is 11.0. The summed E-state index contributed by atoms with van der Waals surface area (Å²) in [6, 6.07) is 16.0. The lowest BCUT2D eigenvalue weighted by molar-refractivity contribution is -0.159. The molecule has 152 valence electrons. The van der Waals surface area contributed by atoms with Gasteiger partial charge in [0, 0.05) is 37.3 Å². The molecule has 3 rings (SSSR count). The number of aromatic nitrogens is 1. The van der Waals surface area contributed by atoms with E-state index < -0.39 is 15.7 Å². The van der Waals surface area contributed by atoms with Crippen molar-refractivity contribution in [3.05, 3.63) is 60.5 Å². The van der Waals surface area contributed by atoms with Crippen LogP contribution in [0.25, 0.3) is 22.6 Å². The molecule has 1 N–H and O–H groups in total. The smallest absolute Gasteiger partial charge is 0.245 e. The molecule has 29 heavy (non-hydrogen) atoms. The number of oxazole rings is 1. The van der Waals surface area contributed by atoms with Crippen LogP contribution in [0, 0.1) is 0 Å². The number of nitrogens with zero attached hydrogens (tertiary/aromatic N) is 2. The van der Waals surface area contributed by atoms with Crippen LogP contribution in [-0.2, 0) is 21.1 Å². The van der Waals surface area contributed by atoms with Crippen molar-refractivity contribution < 1.29 is 22.8 Å². The molecule has 0 saturated carbocycles. The minimum atomic E-state index is -3.47. The second kappa shape index (κ2) is 8.59. The van der Waals surface area contributed by atoms with Gasteiger partial charge in [0.15, 0.2) is 21.5 Å². The molecule has 0 spiro atoms. The van der Waals surface area contributed by atoms with Gasteiger partial charge in [-0.1, -0.05) is 42.5 Å². The van der Waals surface area contributed by atoms with E-state index in [2.05, 4.69) is 4.98 Å². The fraction of sp³-hybridized carbons (Fsp3) is 0.238. The molecule has 1 amide bonds. The second-order valence-corrected chi connectivity index (χ2v) is 8.67. The number of benzene rings is 2. The van der Waals surface area contributed by atoms with E-state index in [1.165, 1.54) is 13.1 Å². The van der Waals surface area contributed by atoms with Crippen LogP contribution >= 0.6 is 0 Å². The van der Waals surface area contributed by atoms with E-state index in [-0.39, 0.29) is 11.3 Å². The van der Waals surface area contributed by atoms with Crippen molar-refractivity contribution in [3.8, 4) is 22.6 Å². The fourth-order valence-electron chi connectivity index (χ4n) is 2.98. The molecule has 3 aromatic rings. The molecular formula is C21H22N2O5S. The summed E-state index contributed by atoms with van der Waals surface area (Å²) < 4.78 is 30.5. The van der Waals surface area contributed by atoms with Crippen LogP contribution in [0.4, 0.5) is 0 Å². The first-order valence-electron chi connectivity index (χ1n) is 9.07. The summed E-state index contributed by atoms with van der Waals surface area (Å²) in [6.45, 7) is 0. The van der Waals surface area contributed by atoms with E-state index in [4.69, 9.17) is 9.62 Å². The van der Waals surface area contributed by atoms with Crippen LogP contribution in [0.3, 0.4) is 0 Å². The maximum absolute atomic E-state index is 12.3. The van der Waals surface area contributed by atoms with Gasteiger partial charge >= 0.3 is 0 Å². The predicted molar refractivity (Wildman–Crippen MR) is 108 cm³/mol. The molecule has 2 aromatic carbocycles. The van der Waals surface area contributed by atoms with Crippen LogP contribution in [0.2, 0.25) is 0 Å². The maximum Gasteiger partial charge on any atom is 0.245 e. The summed E-state index contributed by atoms with van der Waals surface area (Å²) in [4.78, 5) is 16.3.